The molecule has 0 unspecified atom stereocenters. The molecule has 0 aliphatic carbocycles. The highest BCUT2D eigenvalue weighted by Crippen LogP contribution is 2.25. The van der Waals surface area contributed by atoms with E-state index < -0.39 is 0 Å². The second-order valence-electron chi connectivity index (χ2n) is 6.41. The van der Waals surface area contributed by atoms with Gasteiger partial charge in [0, 0.05) is 33.1 Å². The topological polar surface area (TPSA) is 70.2 Å². The summed E-state index contributed by atoms with van der Waals surface area (Å²) in [4.78, 5) is 41.4. The molecule has 7 heteroatoms. The van der Waals surface area contributed by atoms with Crippen LogP contribution >= 0.6 is 0 Å². The average molecular weight is 361 g/mol. The highest BCUT2D eigenvalue weighted by atomic mass is 16.6. The fourth-order valence-electron chi connectivity index (χ4n) is 3.17. The molecule has 0 radical (unpaired) electrons. The summed E-state index contributed by atoms with van der Waals surface area (Å²) in [5, 5.41) is 0. The van der Waals surface area contributed by atoms with Gasteiger partial charge in [0.25, 0.3) is 0 Å². The van der Waals surface area contributed by atoms with Gasteiger partial charge in [0.1, 0.15) is 6.54 Å². The molecule has 3 amide bonds. The van der Waals surface area contributed by atoms with Crippen LogP contribution in [0.1, 0.15) is 25.0 Å². The van der Waals surface area contributed by atoms with Gasteiger partial charge in [0.15, 0.2) is 0 Å². The molecule has 142 valence electrons. The summed E-state index contributed by atoms with van der Waals surface area (Å²) in [6, 6.07) is 5.80. The molecule has 1 heterocycles. The van der Waals surface area contributed by atoms with Crippen molar-refractivity contribution in [3.8, 4) is 0 Å². The maximum absolute atomic E-state index is 12.7. The maximum atomic E-state index is 12.7. The van der Waals surface area contributed by atoms with Crippen LogP contribution in [0.2, 0.25) is 0 Å². The minimum atomic E-state index is -0.347. The van der Waals surface area contributed by atoms with Crippen LogP contribution in [-0.2, 0) is 14.3 Å². The van der Waals surface area contributed by atoms with E-state index >= 15 is 0 Å². The van der Waals surface area contributed by atoms with E-state index in [9.17, 15) is 14.4 Å². The molecule has 1 saturated heterocycles. The Morgan fingerprint density at radius 2 is 1.58 bits per heavy atom. The Balaban J connectivity index is 2.03. The number of ether oxygens (including phenoxy) is 1. The third-order valence-electron chi connectivity index (χ3n) is 4.54. The molecule has 1 fully saturated rings. The fraction of sp³-hybridized carbons (Fsp3) is 0.526. The summed E-state index contributed by atoms with van der Waals surface area (Å²) in [5.41, 5.74) is 2.71. The monoisotopic (exact) mass is 361 g/mol. The molecule has 7 nitrogen and oxygen atoms in total. The van der Waals surface area contributed by atoms with Crippen LogP contribution in [0.3, 0.4) is 0 Å². The van der Waals surface area contributed by atoms with Gasteiger partial charge in [-0.2, -0.15) is 0 Å². The van der Waals surface area contributed by atoms with Gasteiger partial charge >= 0.3 is 6.09 Å². The molecule has 0 atom stereocenters. The van der Waals surface area contributed by atoms with E-state index in [1.807, 2.05) is 32.0 Å². The van der Waals surface area contributed by atoms with Gasteiger partial charge in [-0.25, -0.2) is 4.79 Å². The Morgan fingerprint density at radius 1 is 1.04 bits per heavy atom. The summed E-state index contributed by atoms with van der Waals surface area (Å²) in [6.45, 7) is 9.19. The second kappa shape index (κ2) is 8.69. The van der Waals surface area contributed by atoms with E-state index in [0.29, 0.717) is 32.8 Å². The first kappa shape index (κ1) is 19.8. The van der Waals surface area contributed by atoms with Crippen molar-refractivity contribution < 1.29 is 19.1 Å². The summed E-state index contributed by atoms with van der Waals surface area (Å²) in [7, 11) is 0. The van der Waals surface area contributed by atoms with Gasteiger partial charge in [-0.15, -0.1) is 0 Å². The van der Waals surface area contributed by atoms with Crippen molar-refractivity contribution in [2.45, 2.75) is 27.7 Å². The number of nitrogens with zero attached hydrogens (tertiary/aromatic N) is 3. The van der Waals surface area contributed by atoms with Crippen LogP contribution < -0.4 is 4.90 Å². The van der Waals surface area contributed by atoms with Gasteiger partial charge in [0.05, 0.1) is 12.3 Å². The molecule has 0 spiro atoms. The zero-order valence-corrected chi connectivity index (χ0v) is 15.9. The largest absolute Gasteiger partial charge is 0.450 e. The number of carbonyl (C=O) groups excluding carboxylic acids is 3. The smallest absolute Gasteiger partial charge is 0.409 e. The molecule has 1 aromatic rings. The Bertz CT molecular complexity index is 661. The van der Waals surface area contributed by atoms with Crippen LogP contribution in [0.5, 0.6) is 0 Å². The number of hydrogen-bond donors (Lipinski definition) is 0. The molecule has 1 aromatic carbocycles. The summed E-state index contributed by atoms with van der Waals surface area (Å²) < 4.78 is 4.99. The molecule has 1 aliphatic rings. The third kappa shape index (κ3) is 4.53. The zero-order chi connectivity index (χ0) is 19.3. The molecular formula is C19H27N3O4. The van der Waals surface area contributed by atoms with Crippen molar-refractivity contribution in [3.05, 3.63) is 29.3 Å². The Labute approximate surface area is 154 Å². The van der Waals surface area contributed by atoms with Crippen molar-refractivity contribution in [1.82, 2.24) is 9.80 Å². The first-order valence-electron chi connectivity index (χ1n) is 8.89. The van der Waals surface area contributed by atoms with Crippen LogP contribution in [-0.4, -0.2) is 67.0 Å². The van der Waals surface area contributed by atoms with E-state index in [0.717, 1.165) is 16.8 Å². The SMILES string of the molecule is CCOC(=O)N1CCN(C(=O)CN(C(C)=O)c2c(C)cccc2C)CC1. The average Bonchev–Trinajstić information content (AvgIpc) is 2.60. The number of amides is 3. The molecule has 26 heavy (non-hydrogen) atoms. The van der Waals surface area contributed by atoms with Gasteiger partial charge < -0.3 is 19.4 Å². The van der Waals surface area contributed by atoms with E-state index in [4.69, 9.17) is 4.74 Å². The van der Waals surface area contributed by atoms with Crippen LogP contribution in [0.4, 0.5) is 10.5 Å². The molecule has 2 rings (SSSR count). The molecule has 0 saturated carbocycles. The molecular weight excluding hydrogens is 334 g/mol. The quantitative estimate of drug-likeness (QED) is 0.822. The minimum absolute atomic E-state index is 0.000430. The first-order valence-corrected chi connectivity index (χ1v) is 8.89. The van der Waals surface area contributed by atoms with Crippen molar-refractivity contribution in [2.75, 3.05) is 44.2 Å². The normalized spacial score (nSPS) is 14.2. The Morgan fingerprint density at radius 3 is 2.08 bits per heavy atom. The van der Waals surface area contributed by atoms with Crippen molar-refractivity contribution in [3.63, 3.8) is 0 Å². The van der Waals surface area contributed by atoms with E-state index in [-0.39, 0.29) is 24.5 Å². The van der Waals surface area contributed by atoms with Crippen molar-refractivity contribution >= 4 is 23.6 Å². The molecule has 1 aliphatic heterocycles. The van der Waals surface area contributed by atoms with Crippen molar-refractivity contribution in [1.29, 1.82) is 0 Å². The number of benzene rings is 1. The summed E-state index contributed by atoms with van der Waals surface area (Å²) in [6.07, 6.45) is -0.347. The molecule has 0 bridgehead atoms. The minimum Gasteiger partial charge on any atom is -0.450 e. The predicted molar refractivity (Wildman–Crippen MR) is 99.1 cm³/mol. The van der Waals surface area contributed by atoms with Gasteiger partial charge in [0.2, 0.25) is 11.8 Å². The van der Waals surface area contributed by atoms with Gasteiger partial charge in [-0.05, 0) is 31.9 Å². The van der Waals surface area contributed by atoms with Gasteiger partial charge in [-0.3, -0.25) is 9.59 Å². The highest BCUT2D eigenvalue weighted by molar-refractivity contribution is 5.98. The number of anilines is 1. The van der Waals surface area contributed by atoms with Gasteiger partial charge in [-0.1, -0.05) is 18.2 Å². The number of piperazine rings is 1. The summed E-state index contributed by atoms with van der Waals surface area (Å²) >= 11 is 0. The second-order valence-corrected chi connectivity index (χ2v) is 6.41. The zero-order valence-electron chi connectivity index (χ0n) is 15.9. The highest BCUT2D eigenvalue weighted by Gasteiger charge is 2.27. The predicted octanol–water partition coefficient (Wildman–Crippen LogP) is 1.96. The number of rotatable bonds is 4. The van der Waals surface area contributed by atoms with E-state index in [1.54, 1.807) is 16.7 Å². The maximum Gasteiger partial charge on any atom is 0.409 e. The summed E-state index contributed by atoms with van der Waals surface area (Å²) in [5.74, 6) is -0.285. The Kier molecular flexibility index (Phi) is 6.60. The number of carbonyl (C=O) groups is 3. The molecule has 0 aromatic heterocycles. The lowest BCUT2D eigenvalue weighted by Crippen LogP contribution is -2.53. The lowest BCUT2D eigenvalue weighted by molar-refractivity contribution is -0.132. The Hall–Kier alpha value is -2.57. The van der Waals surface area contributed by atoms with E-state index in [2.05, 4.69) is 0 Å². The standard InChI is InChI=1S/C19H27N3O4/c1-5-26-19(25)21-11-9-20(10-12-21)17(24)13-22(16(4)23)18-14(2)7-6-8-15(18)3/h6-8H,5,9-13H2,1-4H3. The number of para-hydroxylation sites is 1. The van der Waals surface area contributed by atoms with Crippen LogP contribution in [0.25, 0.3) is 0 Å². The lowest BCUT2D eigenvalue weighted by atomic mass is 10.1. The van der Waals surface area contributed by atoms with Crippen LogP contribution in [0.15, 0.2) is 18.2 Å². The molecule has 0 N–H and O–H groups in total. The fourth-order valence-corrected chi connectivity index (χ4v) is 3.17. The van der Waals surface area contributed by atoms with Crippen molar-refractivity contribution in [2.24, 2.45) is 0 Å². The number of hydrogen-bond acceptors (Lipinski definition) is 4. The lowest BCUT2D eigenvalue weighted by Gasteiger charge is -2.35. The third-order valence-corrected chi connectivity index (χ3v) is 4.54. The van der Waals surface area contributed by atoms with Crippen LogP contribution in [0, 0.1) is 13.8 Å². The number of aryl methyl sites for hydroxylation is 2. The first-order chi connectivity index (χ1) is 12.3. The van der Waals surface area contributed by atoms with E-state index in [1.165, 1.54) is 11.8 Å².